The Morgan fingerprint density at radius 3 is 2.85 bits per heavy atom. The van der Waals surface area contributed by atoms with Gasteiger partial charge in [0, 0.05) is 61.7 Å². The summed E-state index contributed by atoms with van der Waals surface area (Å²) in [5.74, 6) is 1.86. The van der Waals surface area contributed by atoms with E-state index >= 15 is 0 Å². The first-order chi connectivity index (χ1) is 23.4. The average Bonchev–Trinajstić information content (AvgIpc) is 3.52. The van der Waals surface area contributed by atoms with E-state index in [4.69, 9.17) is 19.7 Å². The fourth-order valence-electron chi connectivity index (χ4n) is 6.15. The summed E-state index contributed by atoms with van der Waals surface area (Å²) < 4.78 is 7.72. The minimum Gasteiger partial charge on any atom is -0.376 e. The number of nitrogens with one attached hydrogen (secondary N) is 2. The highest BCUT2D eigenvalue weighted by molar-refractivity contribution is 5.97. The van der Waals surface area contributed by atoms with Crippen LogP contribution in [0.3, 0.4) is 0 Å². The molecule has 2 aromatic carbocycles. The number of likely N-dealkylation sites (N-methyl/N-ethyl adjacent to an activating group) is 1. The van der Waals surface area contributed by atoms with Crippen molar-refractivity contribution in [3.8, 4) is 11.3 Å². The van der Waals surface area contributed by atoms with Gasteiger partial charge in [-0.3, -0.25) is 9.78 Å². The lowest BCUT2D eigenvalue weighted by molar-refractivity contribution is -0.114. The van der Waals surface area contributed by atoms with Crippen molar-refractivity contribution in [2.75, 3.05) is 45.7 Å². The lowest BCUT2D eigenvalue weighted by Gasteiger charge is -2.23. The third-order valence-corrected chi connectivity index (χ3v) is 8.69. The van der Waals surface area contributed by atoms with Gasteiger partial charge >= 0.3 is 0 Å². The number of rotatable bonds is 14. The van der Waals surface area contributed by atoms with Crippen molar-refractivity contribution in [2.45, 2.75) is 58.1 Å². The number of hydrogen-bond acceptors (Lipinski definition) is 9. The zero-order chi connectivity index (χ0) is 33.5. The van der Waals surface area contributed by atoms with Gasteiger partial charge in [0.2, 0.25) is 5.95 Å². The van der Waals surface area contributed by atoms with Gasteiger partial charge in [0.05, 0.1) is 24.6 Å². The van der Waals surface area contributed by atoms with Gasteiger partial charge in [0.15, 0.2) is 11.4 Å². The predicted octanol–water partition coefficient (Wildman–Crippen LogP) is 5.62. The molecule has 250 valence electrons. The molecular weight excluding hydrogens is 600 g/mol. The molecule has 1 atom stereocenters. The minimum absolute atomic E-state index is 0.0946. The number of pyridine rings is 1. The van der Waals surface area contributed by atoms with Gasteiger partial charge in [-0.05, 0) is 61.5 Å². The number of allylic oxidation sites excluding steroid dienone is 1. The number of fused-ring (bicyclic) bond motifs is 2. The molecule has 10 nitrogen and oxygen atoms in total. The molecule has 0 bridgehead atoms. The number of aromatic nitrogens is 5. The molecular formula is C38H46N8O2. The molecule has 1 aliphatic rings. The first-order valence-corrected chi connectivity index (χ1v) is 17.0. The van der Waals surface area contributed by atoms with Crippen molar-refractivity contribution in [1.29, 1.82) is 0 Å². The third-order valence-electron chi connectivity index (χ3n) is 8.69. The number of hydrogen-bond donors (Lipinski definition) is 2. The van der Waals surface area contributed by atoms with Gasteiger partial charge in [-0.15, -0.1) is 0 Å². The SMILES string of the molecule is CC(C)c1cnn2c(NCc3ccccc3-c3nccc4cc(CC(=O)/C=C/CN(C)C)ccc34)nc(CCCC3CNCCO3)nc12. The standard InChI is InChI=1S/C38H46N8O2/c1-26(2)34-25-42-46-37(34)43-35(13-7-11-31-24-39-18-20-48-31)44-38(46)41-23-29-9-5-6-12-32(29)36-33-15-14-27(21-28(33)16-17-40-36)22-30(47)10-8-19-45(3)4/h5-6,8-10,12,14-17,21,25-26,31,39H,7,11,13,18-20,22-24H2,1-4H3,(H,41,43,44)/b10-8+. The average molecular weight is 647 g/mol. The number of ether oxygens (including phenoxy) is 1. The highest BCUT2D eigenvalue weighted by Gasteiger charge is 2.18. The lowest BCUT2D eigenvalue weighted by Crippen LogP contribution is -2.38. The maximum atomic E-state index is 12.6. The predicted molar refractivity (Wildman–Crippen MR) is 191 cm³/mol. The zero-order valence-electron chi connectivity index (χ0n) is 28.4. The summed E-state index contributed by atoms with van der Waals surface area (Å²) >= 11 is 0. The molecule has 1 fully saturated rings. The maximum absolute atomic E-state index is 12.6. The van der Waals surface area contributed by atoms with E-state index in [0.717, 1.165) is 95.7 Å². The van der Waals surface area contributed by atoms with E-state index in [-0.39, 0.29) is 17.8 Å². The maximum Gasteiger partial charge on any atom is 0.227 e. The number of aryl methyl sites for hydroxylation is 1. The monoisotopic (exact) mass is 646 g/mol. The Morgan fingerprint density at radius 2 is 2.04 bits per heavy atom. The second-order valence-electron chi connectivity index (χ2n) is 13.1. The fourth-order valence-corrected chi connectivity index (χ4v) is 6.15. The normalized spacial score (nSPS) is 15.3. The van der Waals surface area contributed by atoms with Gasteiger partial charge in [-0.1, -0.05) is 62.4 Å². The number of ketones is 1. The molecule has 10 heteroatoms. The Kier molecular flexibility index (Phi) is 10.8. The summed E-state index contributed by atoms with van der Waals surface area (Å²) in [7, 11) is 3.97. The Balaban J connectivity index is 1.23. The summed E-state index contributed by atoms with van der Waals surface area (Å²) in [5.41, 5.74) is 5.98. The Hall–Kier alpha value is -4.51. The number of carbonyl (C=O) groups is 1. The van der Waals surface area contributed by atoms with Crippen molar-refractivity contribution in [1.82, 2.24) is 34.8 Å². The van der Waals surface area contributed by atoms with Crippen molar-refractivity contribution < 1.29 is 9.53 Å². The van der Waals surface area contributed by atoms with Crippen LogP contribution in [0.2, 0.25) is 0 Å². The van der Waals surface area contributed by atoms with E-state index in [2.05, 4.69) is 53.8 Å². The lowest BCUT2D eigenvalue weighted by atomic mass is 9.97. The number of morpholine rings is 1. The molecule has 3 aromatic heterocycles. The van der Waals surface area contributed by atoms with Gasteiger partial charge in [-0.2, -0.15) is 14.6 Å². The zero-order valence-corrected chi connectivity index (χ0v) is 28.4. The van der Waals surface area contributed by atoms with Gasteiger partial charge < -0.3 is 20.3 Å². The molecule has 0 amide bonds. The number of carbonyl (C=O) groups excluding carboxylic acids is 1. The Labute approximate surface area is 282 Å². The van der Waals surface area contributed by atoms with Crippen LogP contribution in [0.1, 0.15) is 55.1 Å². The van der Waals surface area contributed by atoms with Crippen LogP contribution < -0.4 is 10.6 Å². The van der Waals surface area contributed by atoms with Crippen molar-refractivity contribution in [3.05, 3.63) is 95.6 Å². The highest BCUT2D eigenvalue weighted by Crippen LogP contribution is 2.31. The molecule has 1 saturated heterocycles. The topological polar surface area (TPSA) is 110 Å². The second kappa shape index (κ2) is 15.6. The van der Waals surface area contributed by atoms with E-state index in [9.17, 15) is 4.79 Å². The molecule has 5 aromatic rings. The quantitative estimate of drug-likeness (QED) is 0.149. The summed E-state index contributed by atoms with van der Waals surface area (Å²) in [6, 6.07) is 16.5. The van der Waals surface area contributed by atoms with E-state index < -0.39 is 0 Å². The summed E-state index contributed by atoms with van der Waals surface area (Å²) in [4.78, 5) is 29.3. The molecule has 6 rings (SSSR count). The number of benzene rings is 2. The van der Waals surface area contributed by atoms with Gasteiger partial charge in [0.25, 0.3) is 0 Å². The molecule has 0 radical (unpaired) electrons. The first-order valence-electron chi connectivity index (χ1n) is 17.0. The largest absolute Gasteiger partial charge is 0.376 e. The third kappa shape index (κ3) is 8.13. The molecule has 1 aliphatic heterocycles. The molecule has 1 unspecified atom stereocenters. The van der Waals surface area contributed by atoms with E-state index in [0.29, 0.717) is 18.9 Å². The summed E-state index contributed by atoms with van der Waals surface area (Å²) in [6.45, 7) is 8.18. The van der Waals surface area contributed by atoms with Crippen LogP contribution in [0.25, 0.3) is 27.7 Å². The Bertz CT molecular complexity index is 1890. The van der Waals surface area contributed by atoms with Crippen LogP contribution >= 0.6 is 0 Å². The van der Waals surface area contributed by atoms with Crippen LogP contribution in [0.15, 0.2) is 73.1 Å². The van der Waals surface area contributed by atoms with Crippen LogP contribution in [-0.2, 0) is 28.9 Å². The van der Waals surface area contributed by atoms with E-state index in [1.54, 1.807) is 6.08 Å². The highest BCUT2D eigenvalue weighted by atomic mass is 16.5. The van der Waals surface area contributed by atoms with Crippen molar-refractivity contribution >= 4 is 28.2 Å². The van der Waals surface area contributed by atoms with Crippen LogP contribution in [0.4, 0.5) is 5.95 Å². The number of anilines is 1. The second-order valence-corrected chi connectivity index (χ2v) is 13.1. The first kappa shape index (κ1) is 33.4. The minimum atomic E-state index is 0.0946. The van der Waals surface area contributed by atoms with E-state index in [1.165, 1.54) is 0 Å². The van der Waals surface area contributed by atoms with Gasteiger partial charge in [-0.25, -0.2) is 4.98 Å². The van der Waals surface area contributed by atoms with Crippen molar-refractivity contribution in [2.24, 2.45) is 0 Å². The number of nitrogens with zero attached hydrogens (tertiary/aromatic N) is 6. The Morgan fingerprint density at radius 1 is 1.17 bits per heavy atom. The molecule has 48 heavy (non-hydrogen) atoms. The smallest absolute Gasteiger partial charge is 0.227 e. The fraction of sp³-hybridized carbons (Fsp3) is 0.395. The molecule has 0 aliphatic carbocycles. The molecule has 0 spiro atoms. The van der Waals surface area contributed by atoms with Crippen LogP contribution in [0, 0.1) is 0 Å². The van der Waals surface area contributed by atoms with Gasteiger partial charge in [0.1, 0.15) is 5.82 Å². The van der Waals surface area contributed by atoms with Crippen LogP contribution in [0.5, 0.6) is 0 Å². The summed E-state index contributed by atoms with van der Waals surface area (Å²) in [6.07, 6.45) is 10.6. The molecule has 4 heterocycles. The molecule has 0 saturated carbocycles. The molecule has 2 N–H and O–H groups in total. The van der Waals surface area contributed by atoms with E-state index in [1.807, 2.05) is 66.2 Å². The summed E-state index contributed by atoms with van der Waals surface area (Å²) in [5, 5.41) is 13.8. The van der Waals surface area contributed by atoms with Crippen LogP contribution in [-0.4, -0.2) is 81.7 Å². The van der Waals surface area contributed by atoms with Crippen molar-refractivity contribution in [3.63, 3.8) is 0 Å².